The zero-order valence-corrected chi connectivity index (χ0v) is 14.7. The molecule has 2 amide bonds. The van der Waals surface area contributed by atoms with Crippen LogP contribution in [0.25, 0.3) is 0 Å². The van der Waals surface area contributed by atoms with E-state index in [1.807, 2.05) is 34.3 Å². The zero-order chi connectivity index (χ0) is 17.1. The molecule has 0 aliphatic heterocycles. The van der Waals surface area contributed by atoms with Gasteiger partial charge in [-0.2, -0.15) is 5.10 Å². The van der Waals surface area contributed by atoms with Gasteiger partial charge in [0, 0.05) is 49.8 Å². The molecule has 0 bridgehead atoms. The van der Waals surface area contributed by atoms with E-state index in [0.717, 1.165) is 42.8 Å². The minimum absolute atomic E-state index is 0.0331. The van der Waals surface area contributed by atoms with E-state index >= 15 is 0 Å². The molecule has 1 fully saturated rings. The van der Waals surface area contributed by atoms with Crippen molar-refractivity contribution in [2.45, 2.75) is 52.2 Å². The lowest BCUT2D eigenvalue weighted by molar-refractivity contribution is 0.191. The lowest BCUT2D eigenvalue weighted by Gasteiger charge is -2.23. The van der Waals surface area contributed by atoms with E-state index in [0.29, 0.717) is 19.1 Å². The Kier molecular flexibility index (Phi) is 4.87. The molecule has 1 aliphatic rings. The highest BCUT2D eigenvalue weighted by atomic mass is 16.2. The molecule has 7 nitrogen and oxygen atoms in total. The second-order valence-electron chi connectivity index (χ2n) is 6.52. The van der Waals surface area contributed by atoms with Crippen molar-refractivity contribution in [1.82, 2.24) is 29.5 Å². The number of rotatable bonds is 7. The molecule has 130 valence electrons. The molecule has 0 radical (unpaired) electrons. The fourth-order valence-corrected chi connectivity index (χ4v) is 2.95. The summed E-state index contributed by atoms with van der Waals surface area (Å²) in [5, 5.41) is 7.51. The summed E-state index contributed by atoms with van der Waals surface area (Å²) in [7, 11) is 1.95. The molecule has 3 rings (SSSR count). The lowest BCUT2D eigenvalue weighted by Crippen LogP contribution is -2.41. The van der Waals surface area contributed by atoms with Gasteiger partial charge in [-0.3, -0.25) is 4.68 Å². The Balaban J connectivity index is 1.54. The highest BCUT2D eigenvalue weighted by Crippen LogP contribution is 2.29. The van der Waals surface area contributed by atoms with Crippen LogP contribution in [0.4, 0.5) is 4.79 Å². The first-order valence-corrected chi connectivity index (χ1v) is 8.55. The molecular formula is C17H26N6O. The average Bonchev–Trinajstić information content (AvgIpc) is 3.20. The van der Waals surface area contributed by atoms with Crippen LogP contribution in [0.3, 0.4) is 0 Å². The molecule has 0 unspecified atom stereocenters. The van der Waals surface area contributed by atoms with Gasteiger partial charge in [0.1, 0.15) is 0 Å². The third-order valence-electron chi connectivity index (χ3n) is 4.66. The van der Waals surface area contributed by atoms with Gasteiger partial charge in [-0.05, 0) is 33.1 Å². The van der Waals surface area contributed by atoms with Crippen molar-refractivity contribution in [3.63, 3.8) is 0 Å². The Morgan fingerprint density at radius 1 is 1.42 bits per heavy atom. The van der Waals surface area contributed by atoms with Crippen LogP contribution in [0.15, 0.2) is 18.7 Å². The number of hydrogen-bond acceptors (Lipinski definition) is 3. The number of aromatic nitrogens is 4. The smallest absolute Gasteiger partial charge is 0.317 e. The van der Waals surface area contributed by atoms with Crippen molar-refractivity contribution in [1.29, 1.82) is 0 Å². The molecule has 0 saturated heterocycles. The number of amides is 2. The maximum Gasteiger partial charge on any atom is 0.317 e. The maximum absolute atomic E-state index is 12.6. The Bertz CT molecular complexity index is 686. The molecule has 0 aromatic carbocycles. The van der Waals surface area contributed by atoms with Gasteiger partial charge in [0.25, 0.3) is 0 Å². The van der Waals surface area contributed by atoms with E-state index in [-0.39, 0.29) is 6.03 Å². The van der Waals surface area contributed by atoms with Gasteiger partial charge in [0.2, 0.25) is 0 Å². The number of aryl methyl sites for hydroxylation is 3. The maximum atomic E-state index is 12.6. The minimum Gasteiger partial charge on any atom is -0.338 e. The van der Waals surface area contributed by atoms with Crippen molar-refractivity contribution >= 4 is 6.03 Å². The first-order valence-electron chi connectivity index (χ1n) is 8.55. The summed E-state index contributed by atoms with van der Waals surface area (Å²) in [6.45, 7) is 6.25. The normalized spacial score (nSPS) is 14.0. The summed E-state index contributed by atoms with van der Waals surface area (Å²) < 4.78 is 3.91. The predicted molar refractivity (Wildman–Crippen MR) is 91.5 cm³/mol. The van der Waals surface area contributed by atoms with Crippen LogP contribution in [-0.4, -0.2) is 42.8 Å². The summed E-state index contributed by atoms with van der Waals surface area (Å²) in [4.78, 5) is 18.6. The number of urea groups is 1. The van der Waals surface area contributed by atoms with Crippen LogP contribution in [-0.2, 0) is 20.1 Å². The average molecular weight is 330 g/mol. The molecular weight excluding hydrogens is 304 g/mol. The van der Waals surface area contributed by atoms with Crippen LogP contribution in [0.5, 0.6) is 0 Å². The van der Waals surface area contributed by atoms with Crippen LogP contribution in [0.1, 0.15) is 36.2 Å². The predicted octanol–water partition coefficient (Wildman–Crippen LogP) is 2.00. The molecule has 1 N–H and O–H groups in total. The van der Waals surface area contributed by atoms with E-state index in [1.54, 1.807) is 12.5 Å². The summed E-state index contributed by atoms with van der Waals surface area (Å²) in [6, 6.07) is 0.406. The second kappa shape index (κ2) is 7.07. The number of hydrogen-bond donors (Lipinski definition) is 1. The van der Waals surface area contributed by atoms with Gasteiger partial charge in [-0.15, -0.1) is 0 Å². The summed E-state index contributed by atoms with van der Waals surface area (Å²) in [5.74, 6) is 0. The van der Waals surface area contributed by atoms with E-state index in [4.69, 9.17) is 0 Å². The molecule has 1 aliphatic carbocycles. The van der Waals surface area contributed by atoms with Crippen molar-refractivity contribution in [3.8, 4) is 0 Å². The van der Waals surface area contributed by atoms with Crippen molar-refractivity contribution in [2.75, 3.05) is 6.54 Å². The third-order valence-corrected chi connectivity index (χ3v) is 4.66. The van der Waals surface area contributed by atoms with Crippen LogP contribution in [0, 0.1) is 13.8 Å². The van der Waals surface area contributed by atoms with E-state index < -0.39 is 0 Å². The third kappa shape index (κ3) is 3.77. The molecule has 1 saturated carbocycles. The number of nitrogens with one attached hydrogen (secondary N) is 1. The number of carbonyl (C=O) groups is 1. The second-order valence-corrected chi connectivity index (χ2v) is 6.52. The lowest BCUT2D eigenvalue weighted by atomic mass is 10.2. The molecule has 2 aromatic heterocycles. The van der Waals surface area contributed by atoms with Gasteiger partial charge < -0.3 is 14.8 Å². The number of carbonyl (C=O) groups excluding carboxylic acids is 1. The fraction of sp³-hybridized carbons (Fsp3) is 0.588. The summed E-state index contributed by atoms with van der Waals surface area (Å²) in [6.07, 6.45) is 8.59. The van der Waals surface area contributed by atoms with Gasteiger partial charge in [0.05, 0.1) is 18.6 Å². The van der Waals surface area contributed by atoms with Crippen molar-refractivity contribution in [3.05, 3.63) is 35.7 Å². The van der Waals surface area contributed by atoms with Gasteiger partial charge in [0.15, 0.2) is 0 Å². The molecule has 7 heteroatoms. The van der Waals surface area contributed by atoms with Crippen LogP contribution >= 0.6 is 0 Å². The fourth-order valence-electron chi connectivity index (χ4n) is 2.95. The largest absolute Gasteiger partial charge is 0.338 e. The zero-order valence-electron chi connectivity index (χ0n) is 14.7. The highest BCUT2D eigenvalue weighted by Gasteiger charge is 2.33. The van der Waals surface area contributed by atoms with Crippen molar-refractivity contribution in [2.24, 2.45) is 7.05 Å². The van der Waals surface area contributed by atoms with Gasteiger partial charge in [-0.25, -0.2) is 9.78 Å². The quantitative estimate of drug-likeness (QED) is 0.790. The SMILES string of the molecule is Cc1nn(C)c(C)c1CN(C(=O)NCCCn1ccnc1)C1CC1. The summed E-state index contributed by atoms with van der Waals surface area (Å²) >= 11 is 0. The van der Waals surface area contributed by atoms with E-state index in [9.17, 15) is 4.79 Å². The van der Waals surface area contributed by atoms with E-state index in [2.05, 4.69) is 22.3 Å². The minimum atomic E-state index is 0.0331. The molecule has 2 heterocycles. The molecule has 24 heavy (non-hydrogen) atoms. The number of nitrogens with zero attached hydrogens (tertiary/aromatic N) is 5. The monoisotopic (exact) mass is 330 g/mol. The Morgan fingerprint density at radius 2 is 2.21 bits per heavy atom. The van der Waals surface area contributed by atoms with Gasteiger partial charge in [-0.1, -0.05) is 0 Å². The Hall–Kier alpha value is -2.31. The first-order chi connectivity index (χ1) is 11.6. The standard InChI is InChI=1S/C17H26N6O/c1-13-16(14(2)21(3)20-13)11-23(15-5-6-15)17(24)19-7-4-9-22-10-8-18-12-22/h8,10,12,15H,4-7,9,11H2,1-3H3,(H,19,24). The first kappa shape index (κ1) is 16.5. The van der Waals surface area contributed by atoms with Crippen LogP contribution in [0.2, 0.25) is 0 Å². The van der Waals surface area contributed by atoms with Crippen LogP contribution < -0.4 is 5.32 Å². The Morgan fingerprint density at radius 3 is 2.79 bits per heavy atom. The molecule has 0 atom stereocenters. The van der Waals surface area contributed by atoms with Crippen molar-refractivity contribution < 1.29 is 4.79 Å². The van der Waals surface area contributed by atoms with Gasteiger partial charge >= 0.3 is 6.03 Å². The highest BCUT2D eigenvalue weighted by molar-refractivity contribution is 5.75. The summed E-state index contributed by atoms with van der Waals surface area (Å²) in [5.41, 5.74) is 3.30. The Labute approximate surface area is 142 Å². The molecule has 0 spiro atoms. The topological polar surface area (TPSA) is 68.0 Å². The number of imidazole rings is 1. The molecule has 2 aromatic rings. The van der Waals surface area contributed by atoms with E-state index in [1.165, 1.54) is 0 Å².